The first-order valence-corrected chi connectivity index (χ1v) is 7.92. The molecule has 1 N–H and O–H groups in total. The number of ether oxygens (including phenoxy) is 1. The van der Waals surface area contributed by atoms with Crippen molar-refractivity contribution in [3.63, 3.8) is 0 Å². The highest BCUT2D eigenvalue weighted by atomic mass is 16.5. The maximum absolute atomic E-state index is 9.41. The van der Waals surface area contributed by atoms with Gasteiger partial charge in [0.1, 0.15) is 17.5 Å². The fourth-order valence-corrected chi connectivity index (χ4v) is 2.83. The van der Waals surface area contributed by atoms with Crippen LogP contribution in [0.3, 0.4) is 0 Å². The minimum Gasteiger partial charge on any atom is -0.395 e. The van der Waals surface area contributed by atoms with Crippen LogP contribution in [0.25, 0.3) is 0 Å². The summed E-state index contributed by atoms with van der Waals surface area (Å²) in [6, 6.07) is 2.02. The van der Waals surface area contributed by atoms with Crippen LogP contribution in [0.4, 0.5) is 5.82 Å². The van der Waals surface area contributed by atoms with E-state index in [0.717, 1.165) is 42.8 Å². The van der Waals surface area contributed by atoms with Gasteiger partial charge in [-0.25, -0.2) is 15.0 Å². The summed E-state index contributed by atoms with van der Waals surface area (Å²) >= 11 is 0. The molecule has 0 radical (unpaired) electrons. The molecule has 0 aliphatic carbocycles. The molecule has 1 saturated heterocycles. The highest BCUT2D eigenvalue weighted by Crippen LogP contribution is 2.26. The van der Waals surface area contributed by atoms with Gasteiger partial charge in [-0.1, -0.05) is 0 Å². The molecule has 7 heteroatoms. The van der Waals surface area contributed by atoms with Crippen molar-refractivity contribution in [1.82, 2.24) is 19.5 Å². The molecule has 3 rings (SSSR count). The van der Waals surface area contributed by atoms with Crippen LogP contribution in [0.5, 0.6) is 0 Å². The van der Waals surface area contributed by atoms with Crippen LogP contribution < -0.4 is 4.90 Å². The third-order valence-electron chi connectivity index (χ3n) is 4.14. The Bertz CT molecular complexity index is 652. The Hall–Kier alpha value is -1.99. The highest BCUT2D eigenvalue weighted by molar-refractivity contribution is 5.41. The van der Waals surface area contributed by atoms with E-state index in [1.807, 2.05) is 35.7 Å². The molecule has 1 unspecified atom stereocenters. The summed E-state index contributed by atoms with van der Waals surface area (Å²) in [5.74, 6) is 2.84. The number of hydrogen-bond donors (Lipinski definition) is 1. The smallest absolute Gasteiger partial charge is 0.133 e. The monoisotopic (exact) mass is 317 g/mol. The summed E-state index contributed by atoms with van der Waals surface area (Å²) in [7, 11) is 1.96. The Kier molecular flexibility index (Phi) is 4.88. The van der Waals surface area contributed by atoms with Crippen LogP contribution in [0, 0.1) is 6.92 Å². The van der Waals surface area contributed by atoms with Crippen LogP contribution in [0.1, 0.15) is 29.7 Å². The maximum Gasteiger partial charge on any atom is 0.133 e. The van der Waals surface area contributed by atoms with Crippen molar-refractivity contribution in [3.05, 3.63) is 35.8 Å². The molecule has 124 valence electrons. The van der Waals surface area contributed by atoms with Crippen molar-refractivity contribution < 1.29 is 9.84 Å². The van der Waals surface area contributed by atoms with E-state index >= 15 is 0 Å². The highest BCUT2D eigenvalue weighted by Gasteiger charge is 2.21. The lowest BCUT2D eigenvalue weighted by molar-refractivity contribution is 0.193. The van der Waals surface area contributed by atoms with Gasteiger partial charge in [0.25, 0.3) is 0 Å². The maximum atomic E-state index is 9.41. The molecule has 2 aromatic rings. The predicted molar refractivity (Wildman–Crippen MR) is 86.3 cm³/mol. The van der Waals surface area contributed by atoms with Gasteiger partial charge in [-0.05, 0) is 13.3 Å². The van der Waals surface area contributed by atoms with E-state index in [2.05, 4.69) is 15.0 Å². The topological polar surface area (TPSA) is 76.3 Å². The number of aryl methyl sites for hydroxylation is 2. The van der Waals surface area contributed by atoms with Crippen molar-refractivity contribution >= 4 is 5.82 Å². The zero-order valence-electron chi connectivity index (χ0n) is 13.6. The van der Waals surface area contributed by atoms with Gasteiger partial charge >= 0.3 is 0 Å². The van der Waals surface area contributed by atoms with Crippen molar-refractivity contribution in [2.75, 3.05) is 31.3 Å². The first kappa shape index (κ1) is 15.9. The van der Waals surface area contributed by atoms with Crippen molar-refractivity contribution in [2.45, 2.75) is 25.8 Å². The third kappa shape index (κ3) is 3.68. The van der Waals surface area contributed by atoms with Crippen LogP contribution in [-0.2, 0) is 18.3 Å². The number of aliphatic hydroxyl groups is 1. The molecule has 23 heavy (non-hydrogen) atoms. The molecule has 2 aromatic heterocycles. The number of imidazole rings is 1. The Morgan fingerprint density at radius 3 is 2.96 bits per heavy atom. The van der Waals surface area contributed by atoms with Gasteiger partial charge in [-0.15, -0.1) is 0 Å². The third-order valence-corrected chi connectivity index (χ3v) is 4.14. The number of anilines is 1. The summed E-state index contributed by atoms with van der Waals surface area (Å²) in [6.07, 6.45) is 4.69. The molecular formula is C16H23N5O2. The van der Waals surface area contributed by atoms with Gasteiger partial charge in [0, 0.05) is 44.6 Å². The van der Waals surface area contributed by atoms with Crippen LogP contribution >= 0.6 is 0 Å². The van der Waals surface area contributed by atoms with Gasteiger partial charge < -0.3 is 19.3 Å². The summed E-state index contributed by atoms with van der Waals surface area (Å²) in [4.78, 5) is 15.5. The van der Waals surface area contributed by atoms with E-state index in [0.29, 0.717) is 19.0 Å². The van der Waals surface area contributed by atoms with E-state index in [1.165, 1.54) is 0 Å². The molecule has 0 bridgehead atoms. The molecular weight excluding hydrogens is 294 g/mol. The molecule has 0 aromatic carbocycles. The molecule has 1 aliphatic heterocycles. The van der Waals surface area contributed by atoms with Crippen LogP contribution in [0.2, 0.25) is 0 Å². The van der Waals surface area contributed by atoms with E-state index < -0.39 is 0 Å². The number of hydrogen-bond acceptors (Lipinski definition) is 6. The lowest BCUT2D eigenvalue weighted by atomic mass is 10.0. The van der Waals surface area contributed by atoms with E-state index in [4.69, 9.17) is 4.74 Å². The summed E-state index contributed by atoms with van der Waals surface area (Å²) in [5, 5.41) is 9.41. The second-order valence-electron chi connectivity index (χ2n) is 5.86. The molecule has 1 atom stereocenters. The fraction of sp³-hybridized carbons (Fsp3) is 0.562. The molecule has 1 aliphatic rings. The van der Waals surface area contributed by atoms with Crippen molar-refractivity contribution in [1.29, 1.82) is 0 Å². The molecule has 0 saturated carbocycles. The first-order chi connectivity index (χ1) is 11.2. The lowest BCUT2D eigenvalue weighted by Gasteiger charge is -2.23. The number of nitrogens with zero attached hydrogens (tertiary/aromatic N) is 5. The van der Waals surface area contributed by atoms with Gasteiger partial charge in [0.2, 0.25) is 0 Å². The first-order valence-electron chi connectivity index (χ1n) is 7.92. The summed E-state index contributed by atoms with van der Waals surface area (Å²) in [6.45, 7) is 4.58. The zero-order valence-corrected chi connectivity index (χ0v) is 13.6. The standard InChI is InChI=1S/C16H23N5O2/c1-12-18-14(13-3-8-23-11-13)9-15(19-12)21(6-7-22)10-16-17-4-5-20(16)2/h4-5,9,13,22H,3,6-8,10-11H2,1-2H3. The van der Waals surface area contributed by atoms with Crippen LogP contribution in [0.15, 0.2) is 18.5 Å². The zero-order chi connectivity index (χ0) is 16.2. The summed E-state index contributed by atoms with van der Waals surface area (Å²) < 4.78 is 7.45. The Morgan fingerprint density at radius 2 is 2.30 bits per heavy atom. The number of aromatic nitrogens is 4. The van der Waals surface area contributed by atoms with E-state index in [1.54, 1.807) is 6.20 Å². The lowest BCUT2D eigenvalue weighted by Crippen LogP contribution is -2.29. The van der Waals surface area contributed by atoms with Gasteiger partial charge in [0.05, 0.1) is 25.5 Å². The Labute approximate surface area is 136 Å². The fourth-order valence-electron chi connectivity index (χ4n) is 2.83. The number of aliphatic hydroxyl groups excluding tert-OH is 1. The van der Waals surface area contributed by atoms with E-state index in [-0.39, 0.29) is 6.61 Å². The van der Waals surface area contributed by atoms with Gasteiger partial charge in [0.15, 0.2) is 0 Å². The largest absolute Gasteiger partial charge is 0.395 e. The Morgan fingerprint density at radius 1 is 1.43 bits per heavy atom. The molecule has 1 fully saturated rings. The molecule has 0 spiro atoms. The van der Waals surface area contributed by atoms with Crippen molar-refractivity contribution in [3.8, 4) is 0 Å². The minimum atomic E-state index is 0.0648. The van der Waals surface area contributed by atoms with Gasteiger partial charge in [-0.3, -0.25) is 0 Å². The minimum absolute atomic E-state index is 0.0648. The summed E-state index contributed by atoms with van der Waals surface area (Å²) in [5.41, 5.74) is 1.02. The number of rotatable bonds is 6. The van der Waals surface area contributed by atoms with Crippen LogP contribution in [-0.4, -0.2) is 51.0 Å². The SMILES string of the molecule is Cc1nc(C2CCOC2)cc(N(CCO)Cc2nccn2C)n1. The van der Waals surface area contributed by atoms with Crippen molar-refractivity contribution in [2.24, 2.45) is 7.05 Å². The Balaban J connectivity index is 1.87. The normalized spacial score (nSPS) is 17.6. The molecule has 3 heterocycles. The average molecular weight is 317 g/mol. The van der Waals surface area contributed by atoms with Gasteiger partial charge in [-0.2, -0.15) is 0 Å². The average Bonchev–Trinajstić information content (AvgIpc) is 3.18. The second-order valence-corrected chi connectivity index (χ2v) is 5.86. The quantitative estimate of drug-likeness (QED) is 0.857. The predicted octanol–water partition coefficient (Wildman–Crippen LogP) is 1.02. The molecule has 7 nitrogen and oxygen atoms in total. The molecule has 0 amide bonds. The second kappa shape index (κ2) is 7.06. The van der Waals surface area contributed by atoms with E-state index in [9.17, 15) is 5.11 Å².